The molecule has 1 amide bonds. The zero-order valence-corrected chi connectivity index (χ0v) is 18.7. The van der Waals surface area contributed by atoms with Crippen molar-refractivity contribution in [3.63, 3.8) is 0 Å². The number of aryl methyl sites for hydroxylation is 2. The number of rotatable bonds is 7. The molecule has 0 saturated heterocycles. The van der Waals surface area contributed by atoms with Gasteiger partial charge in [-0.05, 0) is 67.4 Å². The third-order valence-electron chi connectivity index (χ3n) is 5.12. The van der Waals surface area contributed by atoms with Gasteiger partial charge in [-0.15, -0.1) is 0 Å². The Morgan fingerprint density at radius 1 is 1.00 bits per heavy atom. The summed E-state index contributed by atoms with van der Waals surface area (Å²) in [6, 6.07) is 19.4. The predicted octanol–water partition coefficient (Wildman–Crippen LogP) is 3.95. The number of nitrogens with one attached hydrogen (secondary N) is 3. The van der Waals surface area contributed by atoms with Gasteiger partial charge >= 0.3 is 0 Å². The number of benzene rings is 3. The molecule has 3 N–H and O–H groups in total. The highest BCUT2D eigenvalue weighted by atomic mass is 32.2. The number of hydrogen-bond acceptors (Lipinski definition) is 4. The molecular weight excluding hydrogens is 424 g/mol. The van der Waals surface area contributed by atoms with E-state index < -0.39 is 10.0 Å². The topological polar surface area (TPSA) is 104 Å². The minimum Gasteiger partial charge on any atom is -0.352 e. The van der Waals surface area contributed by atoms with Crippen LogP contribution in [0.5, 0.6) is 0 Å². The van der Waals surface area contributed by atoms with Crippen LogP contribution in [0.15, 0.2) is 71.6 Å². The third kappa shape index (κ3) is 4.81. The first kappa shape index (κ1) is 21.6. The maximum Gasteiger partial charge on any atom is 0.262 e. The number of fused-ring (bicyclic) bond motifs is 1. The van der Waals surface area contributed by atoms with Gasteiger partial charge in [0.15, 0.2) is 0 Å². The highest BCUT2D eigenvalue weighted by Gasteiger charge is 2.17. The molecule has 0 unspecified atom stereocenters. The molecule has 0 radical (unpaired) electrons. The first-order valence-corrected chi connectivity index (χ1v) is 11.7. The Kier molecular flexibility index (Phi) is 5.96. The van der Waals surface area contributed by atoms with Gasteiger partial charge in [0.1, 0.15) is 5.82 Å². The molecule has 0 bridgehead atoms. The number of imidazole rings is 1. The third-order valence-corrected chi connectivity index (χ3v) is 6.64. The van der Waals surface area contributed by atoms with Crippen LogP contribution >= 0.6 is 0 Å². The standard InChI is InChI=1S/C24H24N4O3S/c1-16-7-8-17(2)22(15-16)32(30,31)28-19-11-9-18(10-12-19)24(29)25-14-13-23-26-20-5-3-4-6-21(20)27-23/h3-12,15,28H,13-14H2,1-2H3,(H,25,29)(H,26,27). The maximum absolute atomic E-state index is 12.7. The summed E-state index contributed by atoms with van der Waals surface area (Å²) < 4.78 is 28.0. The molecule has 1 aromatic heterocycles. The van der Waals surface area contributed by atoms with Gasteiger partial charge in [-0.25, -0.2) is 13.4 Å². The van der Waals surface area contributed by atoms with Gasteiger partial charge in [-0.3, -0.25) is 9.52 Å². The van der Waals surface area contributed by atoms with Crippen LogP contribution in [0.4, 0.5) is 5.69 Å². The van der Waals surface area contributed by atoms with Gasteiger partial charge < -0.3 is 10.3 Å². The second-order valence-electron chi connectivity index (χ2n) is 7.66. The second kappa shape index (κ2) is 8.84. The largest absolute Gasteiger partial charge is 0.352 e. The molecule has 7 nitrogen and oxygen atoms in total. The van der Waals surface area contributed by atoms with Gasteiger partial charge in [-0.1, -0.05) is 24.3 Å². The number of nitrogens with zero attached hydrogens (tertiary/aromatic N) is 1. The minimum absolute atomic E-state index is 0.231. The van der Waals surface area contributed by atoms with E-state index in [1.807, 2.05) is 37.3 Å². The Hall–Kier alpha value is -3.65. The molecule has 0 aliphatic carbocycles. The van der Waals surface area contributed by atoms with Crippen LogP contribution in [0.25, 0.3) is 11.0 Å². The zero-order chi connectivity index (χ0) is 22.7. The molecule has 32 heavy (non-hydrogen) atoms. The number of hydrogen-bond donors (Lipinski definition) is 3. The van der Waals surface area contributed by atoms with E-state index in [0.29, 0.717) is 29.8 Å². The lowest BCUT2D eigenvalue weighted by molar-refractivity contribution is 0.0954. The lowest BCUT2D eigenvalue weighted by Gasteiger charge is -2.11. The molecule has 1 heterocycles. The molecule has 8 heteroatoms. The van der Waals surface area contributed by atoms with Crippen LogP contribution in [0.1, 0.15) is 27.3 Å². The van der Waals surface area contributed by atoms with Gasteiger partial charge in [-0.2, -0.15) is 0 Å². The monoisotopic (exact) mass is 448 g/mol. The number of aromatic amines is 1. The molecule has 0 aliphatic heterocycles. The van der Waals surface area contributed by atoms with E-state index >= 15 is 0 Å². The van der Waals surface area contributed by atoms with E-state index in [4.69, 9.17) is 0 Å². The normalized spacial score (nSPS) is 11.4. The predicted molar refractivity (Wildman–Crippen MR) is 125 cm³/mol. The van der Waals surface area contributed by atoms with Crippen molar-refractivity contribution in [1.82, 2.24) is 15.3 Å². The van der Waals surface area contributed by atoms with Crippen molar-refractivity contribution in [2.24, 2.45) is 0 Å². The van der Waals surface area contributed by atoms with Gasteiger partial charge in [0.2, 0.25) is 0 Å². The first-order chi connectivity index (χ1) is 15.3. The Bertz CT molecular complexity index is 1340. The van der Waals surface area contributed by atoms with Gasteiger partial charge in [0.25, 0.3) is 15.9 Å². The fourth-order valence-electron chi connectivity index (χ4n) is 3.42. The average molecular weight is 449 g/mol. The van der Waals surface area contributed by atoms with Crippen molar-refractivity contribution >= 4 is 32.7 Å². The molecule has 0 aliphatic rings. The summed E-state index contributed by atoms with van der Waals surface area (Å²) in [6.07, 6.45) is 0.578. The number of carbonyl (C=O) groups is 1. The summed E-state index contributed by atoms with van der Waals surface area (Å²) in [6.45, 7) is 4.03. The molecule has 164 valence electrons. The minimum atomic E-state index is -3.72. The Morgan fingerprint density at radius 2 is 1.75 bits per heavy atom. The number of amides is 1. The number of carbonyl (C=O) groups excluding carboxylic acids is 1. The van der Waals surface area contributed by atoms with Crippen molar-refractivity contribution in [1.29, 1.82) is 0 Å². The molecule has 0 fully saturated rings. The molecule has 0 saturated carbocycles. The number of anilines is 1. The molecule has 3 aromatic carbocycles. The van der Waals surface area contributed by atoms with Crippen molar-refractivity contribution in [3.8, 4) is 0 Å². The number of sulfonamides is 1. The number of aromatic nitrogens is 2. The summed E-state index contributed by atoms with van der Waals surface area (Å²) in [5.74, 6) is 0.577. The van der Waals surface area contributed by atoms with Crippen LogP contribution in [0, 0.1) is 13.8 Å². The van der Waals surface area contributed by atoms with Crippen molar-refractivity contribution in [3.05, 3.63) is 89.2 Å². The zero-order valence-electron chi connectivity index (χ0n) is 17.8. The molecule has 0 spiro atoms. The maximum atomic E-state index is 12.7. The van der Waals surface area contributed by atoms with E-state index in [2.05, 4.69) is 20.0 Å². The van der Waals surface area contributed by atoms with Crippen LogP contribution in [-0.4, -0.2) is 30.8 Å². The second-order valence-corrected chi connectivity index (χ2v) is 9.31. The van der Waals surface area contributed by atoms with Crippen molar-refractivity contribution in [2.45, 2.75) is 25.2 Å². The summed E-state index contributed by atoms with van der Waals surface area (Å²) in [4.78, 5) is 20.4. The van der Waals surface area contributed by atoms with Crippen LogP contribution in [0.2, 0.25) is 0 Å². The quantitative estimate of drug-likeness (QED) is 0.398. The molecule has 0 atom stereocenters. The average Bonchev–Trinajstić information content (AvgIpc) is 3.18. The van der Waals surface area contributed by atoms with E-state index in [9.17, 15) is 13.2 Å². The number of H-pyrrole nitrogens is 1. The highest BCUT2D eigenvalue weighted by molar-refractivity contribution is 7.92. The van der Waals surface area contributed by atoms with Crippen LogP contribution < -0.4 is 10.0 Å². The van der Waals surface area contributed by atoms with Gasteiger partial charge in [0.05, 0.1) is 15.9 Å². The summed E-state index contributed by atoms with van der Waals surface area (Å²) >= 11 is 0. The Labute approximate surface area is 187 Å². The van der Waals surface area contributed by atoms with Crippen molar-refractivity contribution < 1.29 is 13.2 Å². The highest BCUT2D eigenvalue weighted by Crippen LogP contribution is 2.21. The van der Waals surface area contributed by atoms with E-state index in [1.165, 1.54) is 0 Å². The van der Waals surface area contributed by atoms with Gasteiger partial charge in [0, 0.05) is 24.2 Å². The lowest BCUT2D eigenvalue weighted by Crippen LogP contribution is -2.26. The van der Waals surface area contributed by atoms with E-state index in [1.54, 1.807) is 43.3 Å². The Balaban J connectivity index is 1.36. The van der Waals surface area contributed by atoms with Crippen LogP contribution in [-0.2, 0) is 16.4 Å². The molecule has 4 aromatic rings. The Morgan fingerprint density at radius 3 is 2.50 bits per heavy atom. The lowest BCUT2D eigenvalue weighted by atomic mass is 10.2. The first-order valence-electron chi connectivity index (χ1n) is 10.2. The fourth-order valence-corrected chi connectivity index (χ4v) is 4.81. The number of para-hydroxylation sites is 2. The summed E-state index contributed by atoms with van der Waals surface area (Å²) in [5.41, 5.74) is 4.24. The van der Waals surface area contributed by atoms with E-state index in [0.717, 1.165) is 22.4 Å². The molecule has 4 rings (SSSR count). The smallest absolute Gasteiger partial charge is 0.262 e. The van der Waals surface area contributed by atoms with Crippen molar-refractivity contribution in [2.75, 3.05) is 11.3 Å². The van der Waals surface area contributed by atoms with E-state index in [-0.39, 0.29) is 10.8 Å². The molecular formula is C24H24N4O3S. The SMILES string of the molecule is Cc1ccc(C)c(S(=O)(=O)Nc2ccc(C(=O)NCCc3nc4ccccc4[nH]3)cc2)c1. The summed E-state index contributed by atoms with van der Waals surface area (Å²) in [5, 5.41) is 2.86. The fraction of sp³-hybridized carbons (Fsp3) is 0.167. The van der Waals surface area contributed by atoms with Crippen LogP contribution in [0.3, 0.4) is 0 Å². The summed E-state index contributed by atoms with van der Waals surface area (Å²) in [7, 11) is -3.72.